The van der Waals surface area contributed by atoms with Crippen molar-refractivity contribution in [2.75, 3.05) is 23.8 Å². The normalized spacial score (nSPS) is 10.3. The van der Waals surface area contributed by atoms with Gasteiger partial charge in [0.2, 0.25) is 5.91 Å². The van der Waals surface area contributed by atoms with Gasteiger partial charge >= 0.3 is 0 Å². The zero-order chi connectivity index (χ0) is 24.3. The highest BCUT2D eigenvalue weighted by molar-refractivity contribution is 6.04. The van der Waals surface area contributed by atoms with Crippen molar-refractivity contribution in [1.82, 2.24) is 0 Å². The Labute approximate surface area is 204 Å². The lowest BCUT2D eigenvalue weighted by molar-refractivity contribution is -0.115. The van der Waals surface area contributed by atoms with Crippen LogP contribution in [0, 0.1) is 0 Å². The molecule has 0 aliphatic rings. The molecule has 4 rings (SSSR count). The zero-order valence-electron chi connectivity index (χ0n) is 19.1. The van der Waals surface area contributed by atoms with Crippen molar-refractivity contribution in [3.8, 4) is 11.5 Å². The summed E-state index contributed by atoms with van der Waals surface area (Å²) < 4.78 is 11.3. The molecule has 0 radical (unpaired) electrons. The Morgan fingerprint density at radius 2 is 1.17 bits per heavy atom. The number of carbonyl (C=O) groups is 2. The van der Waals surface area contributed by atoms with Crippen LogP contribution in [0.5, 0.6) is 11.5 Å². The van der Waals surface area contributed by atoms with Crippen LogP contribution in [-0.2, 0) is 11.2 Å². The van der Waals surface area contributed by atoms with Gasteiger partial charge in [0, 0.05) is 16.9 Å². The predicted molar refractivity (Wildman–Crippen MR) is 137 cm³/mol. The van der Waals surface area contributed by atoms with E-state index in [-0.39, 0.29) is 18.2 Å². The van der Waals surface area contributed by atoms with Crippen LogP contribution in [-0.4, -0.2) is 25.0 Å². The summed E-state index contributed by atoms with van der Waals surface area (Å²) in [6, 6.07) is 33.0. The Hall–Kier alpha value is -4.58. The fraction of sp³-hybridized carbons (Fsp3) is 0.103. The molecule has 4 aromatic carbocycles. The number of hydrogen-bond acceptors (Lipinski definition) is 4. The molecular formula is C29H26N2O4. The Morgan fingerprint density at radius 3 is 1.83 bits per heavy atom. The third-order valence-corrected chi connectivity index (χ3v) is 5.09. The number of rotatable bonds is 10. The van der Waals surface area contributed by atoms with Gasteiger partial charge < -0.3 is 20.1 Å². The van der Waals surface area contributed by atoms with E-state index in [1.165, 1.54) is 0 Å². The van der Waals surface area contributed by atoms with E-state index in [0.717, 1.165) is 11.3 Å². The first kappa shape index (κ1) is 23.6. The second kappa shape index (κ2) is 12.0. The molecule has 6 nitrogen and oxygen atoms in total. The van der Waals surface area contributed by atoms with E-state index in [4.69, 9.17) is 9.47 Å². The summed E-state index contributed by atoms with van der Waals surface area (Å²) in [5.41, 5.74) is 2.64. The van der Waals surface area contributed by atoms with E-state index in [1.54, 1.807) is 48.5 Å². The lowest BCUT2D eigenvalue weighted by Gasteiger charge is -2.10. The van der Waals surface area contributed by atoms with Gasteiger partial charge in [0.15, 0.2) is 0 Å². The highest BCUT2D eigenvalue weighted by Gasteiger charge is 2.09. The number of nitrogens with one attached hydrogen (secondary N) is 2. The van der Waals surface area contributed by atoms with E-state index >= 15 is 0 Å². The van der Waals surface area contributed by atoms with Crippen molar-refractivity contribution >= 4 is 23.2 Å². The van der Waals surface area contributed by atoms with Crippen LogP contribution in [0.3, 0.4) is 0 Å². The lowest BCUT2D eigenvalue weighted by Crippen LogP contribution is -2.15. The topological polar surface area (TPSA) is 76.7 Å². The highest BCUT2D eigenvalue weighted by atomic mass is 16.5. The third-order valence-electron chi connectivity index (χ3n) is 5.09. The first-order valence-electron chi connectivity index (χ1n) is 11.3. The van der Waals surface area contributed by atoms with Gasteiger partial charge in [-0.15, -0.1) is 0 Å². The molecular weight excluding hydrogens is 440 g/mol. The van der Waals surface area contributed by atoms with Crippen molar-refractivity contribution < 1.29 is 19.1 Å². The van der Waals surface area contributed by atoms with Gasteiger partial charge in [-0.2, -0.15) is 0 Å². The van der Waals surface area contributed by atoms with E-state index in [1.807, 2.05) is 60.7 Å². The second-order valence-corrected chi connectivity index (χ2v) is 7.78. The summed E-state index contributed by atoms with van der Waals surface area (Å²) in [5, 5.41) is 5.73. The SMILES string of the molecule is O=C(Cc1ccccc1)Nc1cccc(NC(=O)c2ccc(OCCOc3ccccc3)cc2)c1. The van der Waals surface area contributed by atoms with Crippen LogP contribution in [0.1, 0.15) is 15.9 Å². The molecule has 0 atom stereocenters. The second-order valence-electron chi connectivity index (χ2n) is 7.78. The lowest BCUT2D eigenvalue weighted by atomic mass is 10.1. The average molecular weight is 467 g/mol. The molecule has 2 amide bonds. The van der Waals surface area contributed by atoms with Crippen LogP contribution >= 0.6 is 0 Å². The molecule has 176 valence electrons. The molecule has 0 saturated heterocycles. The van der Waals surface area contributed by atoms with Crippen LogP contribution in [0.4, 0.5) is 11.4 Å². The van der Waals surface area contributed by atoms with E-state index in [2.05, 4.69) is 10.6 Å². The van der Waals surface area contributed by atoms with E-state index < -0.39 is 0 Å². The largest absolute Gasteiger partial charge is 0.490 e. The van der Waals surface area contributed by atoms with Gasteiger partial charge in [-0.1, -0.05) is 54.6 Å². The Balaban J connectivity index is 1.25. The Morgan fingerprint density at radius 1 is 0.600 bits per heavy atom. The molecule has 0 aliphatic heterocycles. The molecule has 0 spiro atoms. The summed E-state index contributed by atoms with van der Waals surface area (Å²) >= 11 is 0. The Kier molecular flexibility index (Phi) is 8.11. The van der Waals surface area contributed by atoms with Gasteiger partial charge in [0.25, 0.3) is 5.91 Å². The van der Waals surface area contributed by atoms with Gasteiger partial charge in [-0.3, -0.25) is 9.59 Å². The number of benzene rings is 4. The fourth-order valence-corrected chi connectivity index (χ4v) is 3.40. The van der Waals surface area contributed by atoms with Crippen molar-refractivity contribution in [3.05, 3.63) is 120 Å². The number of ether oxygens (including phenoxy) is 2. The molecule has 6 heteroatoms. The van der Waals surface area contributed by atoms with Crippen LogP contribution in [0.15, 0.2) is 109 Å². The maximum atomic E-state index is 12.7. The summed E-state index contributed by atoms with van der Waals surface area (Å²) in [6.45, 7) is 0.813. The Bertz CT molecular complexity index is 1240. The maximum Gasteiger partial charge on any atom is 0.255 e. The van der Waals surface area contributed by atoms with Crippen LogP contribution in [0.2, 0.25) is 0 Å². The smallest absolute Gasteiger partial charge is 0.255 e. The predicted octanol–water partition coefficient (Wildman–Crippen LogP) is 5.58. The highest BCUT2D eigenvalue weighted by Crippen LogP contribution is 2.18. The molecule has 0 fully saturated rings. The quantitative estimate of drug-likeness (QED) is 0.299. The average Bonchev–Trinajstić information content (AvgIpc) is 2.88. The number of carbonyl (C=O) groups excluding carboxylic acids is 2. The molecule has 0 unspecified atom stereocenters. The molecule has 0 bridgehead atoms. The summed E-state index contributed by atoms with van der Waals surface area (Å²) in [5.74, 6) is 1.07. The first-order valence-corrected chi connectivity index (χ1v) is 11.3. The van der Waals surface area contributed by atoms with Gasteiger partial charge in [-0.05, 0) is 60.2 Å². The number of amides is 2. The van der Waals surface area contributed by atoms with Gasteiger partial charge in [0.05, 0.1) is 6.42 Å². The summed E-state index contributed by atoms with van der Waals surface area (Å²) in [4.78, 5) is 25.0. The molecule has 35 heavy (non-hydrogen) atoms. The van der Waals surface area contributed by atoms with Gasteiger partial charge in [0.1, 0.15) is 24.7 Å². The molecule has 4 aromatic rings. The number of para-hydroxylation sites is 1. The number of hydrogen-bond donors (Lipinski definition) is 2. The first-order chi connectivity index (χ1) is 17.2. The van der Waals surface area contributed by atoms with Crippen molar-refractivity contribution in [2.24, 2.45) is 0 Å². The van der Waals surface area contributed by atoms with Crippen molar-refractivity contribution in [3.63, 3.8) is 0 Å². The monoisotopic (exact) mass is 466 g/mol. The molecule has 0 heterocycles. The van der Waals surface area contributed by atoms with E-state index in [0.29, 0.717) is 35.9 Å². The van der Waals surface area contributed by atoms with Gasteiger partial charge in [-0.25, -0.2) is 0 Å². The summed E-state index contributed by atoms with van der Waals surface area (Å²) in [6.07, 6.45) is 0.282. The van der Waals surface area contributed by atoms with Crippen molar-refractivity contribution in [2.45, 2.75) is 6.42 Å². The molecule has 2 N–H and O–H groups in total. The van der Waals surface area contributed by atoms with Crippen LogP contribution < -0.4 is 20.1 Å². The third kappa shape index (κ3) is 7.47. The molecule has 0 aliphatic carbocycles. The molecule has 0 saturated carbocycles. The standard InChI is InChI=1S/C29H26N2O4/c32-28(20-22-8-3-1-4-9-22)30-24-10-7-11-25(21-24)31-29(33)23-14-16-27(17-15-23)35-19-18-34-26-12-5-2-6-13-26/h1-17,21H,18-20H2,(H,30,32)(H,31,33). The minimum absolute atomic E-state index is 0.121. The zero-order valence-corrected chi connectivity index (χ0v) is 19.1. The van der Waals surface area contributed by atoms with E-state index in [9.17, 15) is 9.59 Å². The fourth-order valence-electron chi connectivity index (χ4n) is 3.40. The maximum absolute atomic E-state index is 12.7. The summed E-state index contributed by atoms with van der Waals surface area (Å²) in [7, 11) is 0. The van der Waals surface area contributed by atoms with Crippen LogP contribution in [0.25, 0.3) is 0 Å². The van der Waals surface area contributed by atoms with Crippen molar-refractivity contribution in [1.29, 1.82) is 0 Å². The minimum atomic E-state index is -0.253. The molecule has 0 aromatic heterocycles. The minimum Gasteiger partial charge on any atom is -0.490 e. The number of anilines is 2.